The SMILES string of the molecule is COCc1cc(C(=O)NC2CC(C)C2)cc(S(N)(=O)=O)c1. The summed E-state index contributed by atoms with van der Waals surface area (Å²) in [7, 11) is -2.36. The molecule has 1 aliphatic rings. The molecule has 2 rings (SSSR count). The molecule has 0 heterocycles. The zero-order valence-electron chi connectivity index (χ0n) is 12.1. The van der Waals surface area contributed by atoms with Gasteiger partial charge >= 0.3 is 0 Å². The summed E-state index contributed by atoms with van der Waals surface area (Å²) in [5, 5.41) is 8.04. The van der Waals surface area contributed by atoms with Crippen LogP contribution >= 0.6 is 0 Å². The summed E-state index contributed by atoms with van der Waals surface area (Å²) >= 11 is 0. The zero-order valence-corrected chi connectivity index (χ0v) is 12.9. The number of carbonyl (C=O) groups is 1. The van der Waals surface area contributed by atoms with Crippen molar-refractivity contribution in [3.63, 3.8) is 0 Å². The van der Waals surface area contributed by atoms with Crippen LogP contribution in [-0.4, -0.2) is 27.5 Å². The second-order valence-electron chi connectivity index (χ2n) is 5.59. The van der Waals surface area contributed by atoms with Gasteiger partial charge in [-0.05, 0) is 42.5 Å². The highest BCUT2D eigenvalue weighted by molar-refractivity contribution is 7.89. The van der Waals surface area contributed by atoms with Crippen LogP contribution in [0.25, 0.3) is 0 Å². The highest BCUT2D eigenvalue weighted by atomic mass is 32.2. The summed E-state index contributed by atoms with van der Waals surface area (Å²) < 4.78 is 28.0. The number of hydrogen-bond donors (Lipinski definition) is 2. The minimum Gasteiger partial charge on any atom is -0.380 e. The molecule has 3 N–H and O–H groups in total. The fraction of sp³-hybridized carbons (Fsp3) is 0.500. The number of amides is 1. The van der Waals surface area contributed by atoms with Gasteiger partial charge in [0, 0.05) is 18.7 Å². The van der Waals surface area contributed by atoms with E-state index in [2.05, 4.69) is 12.2 Å². The summed E-state index contributed by atoms with van der Waals surface area (Å²) in [6.45, 7) is 2.34. The number of methoxy groups -OCH3 is 1. The van der Waals surface area contributed by atoms with Crippen LogP contribution in [0.2, 0.25) is 0 Å². The molecule has 116 valence electrons. The Balaban J connectivity index is 2.24. The van der Waals surface area contributed by atoms with Gasteiger partial charge in [0.05, 0.1) is 11.5 Å². The van der Waals surface area contributed by atoms with Gasteiger partial charge in [0.2, 0.25) is 10.0 Å². The third-order valence-corrected chi connectivity index (χ3v) is 4.47. The molecule has 0 aromatic heterocycles. The van der Waals surface area contributed by atoms with Crippen LogP contribution in [0, 0.1) is 5.92 Å². The Hall–Kier alpha value is -1.44. The van der Waals surface area contributed by atoms with Gasteiger partial charge < -0.3 is 10.1 Å². The molecule has 21 heavy (non-hydrogen) atoms. The number of sulfonamides is 1. The largest absolute Gasteiger partial charge is 0.380 e. The van der Waals surface area contributed by atoms with Crippen molar-refractivity contribution < 1.29 is 17.9 Å². The summed E-state index contributed by atoms with van der Waals surface area (Å²) in [5.41, 5.74) is 0.879. The Kier molecular flexibility index (Phi) is 4.65. The van der Waals surface area contributed by atoms with E-state index < -0.39 is 10.0 Å². The lowest BCUT2D eigenvalue weighted by Gasteiger charge is -2.33. The second-order valence-corrected chi connectivity index (χ2v) is 7.15. The Labute approximate surface area is 124 Å². The fourth-order valence-corrected chi connectivity index (χ4v) is 3.10. The van der Waals surface area contributed by atoms with Gasteiger partial charge in [-0.3, -0.25) is 4.79 Å². The van der Waals surface area contributed by atoms with Crippen molar-refractivity contribution in [1.82, 2.24) is 5.32 Å². The van der Waals surface area contributed by atoms with Crippen molar-refractivity contribution in [1.29, 1.82) is 0 Å². The van der Waals surface area contributed by atoms with Crippen LogP contribution < -0.4 is 10.5 Å². The van der Waals surface area contributed by atoms with Crippen molar-refractivity contribution in [2.45, 2.75) is 37.3 Å². The van der Waals surface area contributed by atoms with Gasteiger partial charge in [0.25, 0.3) is 5.91 Å². The Bertz CT molecular complexity index is 636. The number of benzene rings is 1. The van der Waals surface area contributed by atoms with Crippen LogP contribution in [0.5, 0.6) is 0 Å². The lowest BCUT2D eigenvalue weighted by atomic mass is 9.82. The highest BCUT2D eigenvalue weighted by Crippen LogP contribution is 2.26. The van der Waals surface area contributed by atoms with E-state index in [0.29, 0.717) is 11.5 Å². The smallest absolute Gasteiger partial charge is 0.251 e. The molecule has 1 aromatic carbocycles. The predicted molar refractivity (Wildman–Crippen MR) is 78.2 cm³/mol. The van der Waals surface area contributed by atoms with Gasteiger partial charge in [-0.25, -0.2) is 13.6 Å². The number of nitrogens with two attached hydrogens (primary N) is 1. The lowest BCUT2D eigenvalue weighted by Crippen LogP contribution is -2.43. The van der Waals surface area contributed by atoms with E-state index in [0.717, 1.165) is 12.8 Å². The lowest BCUT2D eigenvalue weighted by molar-refractivity contribution is 0.0895. The molecule has 0 saturated heterocycles. The minimum absolute atomic E-state index is 0.0795. The highest BCUT2D eigenvalue weighted by Gasteiger charge is 2.27. The molecule has 0 bridgehead atoms. The molecule has 6 nitrogen and oxygen atoms in total. The van der Waals surface area contributed by atoms with E-state index in [1.807, 2.05) is 0 Å². The average molecular weight is 312 g/mol. The summed E-state index contributed by atoms with van der Waals surface area (Å²) in [6, 6.07) is 4.50. The summed E-state index contributed by atoms with van der Waals surface area (Å²) in [5.74, 6) is 0.338. The molecule has 0 radical (unpaired) electrons. The number of rotatable bonds is 5. The molecule has 0 atom stereocenters. The van der Waals surface area contributed by atoms with E-state index in [-0.39, 0.29) is 29.0 Å². The maximum Gasteiger partial charge on any atom is 0.251 e. The standard InChI is InChI=1S/C14H20N2O4S/c1-9-3-12(4-9)16-14(17)11-5-10(8-20-2)6-13(7-11)21(15,18)19/h5-7,9,12H,3-4,8H2,1-2H3,(H,16,17)(H2,15,18,19). The molecule has 1 amide bonds. The third-order valence-electron chi connectivity index (χ3n) is 3.58. The van der Waals surface area contributed by atoms with Crippen LogP contribution in [0.1, 0.15) is 35.7 Å². The number of hydrogen-bond acceptors (Lipinski definition) is 4. The number of primary sulfonamides is 1. The molecule has 0 spiro atoms. The second kappa shape index (κ2) is 6.13. The first-order valence-electron chi connectivity index (χ1n) is 6.76. The van der Waals surface area contributed by atoms with Crippen molar-refractivity contribution in [2.75, 3.05) is 7.11 Å². The van der Waals surface area contributed by atoms with E-state index in [1.54, 1.807) is 6.07 Å². The first-order chi connectivity index (χ1) is 9.79. The van der Waals surface area contributed by atoms with Crippen LogP contribution in [0.4, 0.5) is 0 Å². The molecule has 0 unspecified atom stereocenters. The molecule has 1 aliphatic carbocycles. The van der Waals surface area contributed by atoms with E-state index >= 15 is 0 Å². The molecule has 0 aliphatic heterocycles. The normalized spacial score (nSPS) is 21.7. The van der Waals surface area contributed by atoms with Gasteiger partial charge in [-0.1, -0.05) is 6.92 Å². The maximum absolute atomic E-state index is 12.2. The van der Waals surface area contributed by atoms with E-state index in [4.69, 9.17) is 9.88 Å². The fourth-order valence-electron chi connectivity index (χ4n) is 2.50. The van der Waals surface area contributed by atoms with Gasteiger partial charge in [0.1, 0.15) is 0 Å². The Morgan fingerprint density at radius 2 is 2.05 bits per heavy atom. The average Bonchev–Trinajstić information content (AvgIpc) is 2.36. The quantitative estimate of drug-likeness (QED) is 0.847. The monoisotopic (exact) mass is 312 g/mol. The van der Waals surface area contributed by atoms with E-state index in [9.17, 15) is 13.2 Å². The number of carbonyl (C=O) groups excluding carboxylic acids is 1. The minimum atomic E-state index is -3.86. The van der Waals surface area contributed by atoms with Crippen molar-refractivity contribution in [2.24, 2.45) is 11.1 Å². The molecule has 7 heteroatoms. The van der Waals surface area contributed by atoms with E-state index in [1.165, 1.54) is 19.2 Å². The van der Waals surface area contributed by atoms with Crippen molar-refractivity contribution in [3.05, 3.63) is 29.3 Å². The molecule has 1 aromatic rings. The predicted octanol–water partition coefficient (Wildman–Crippen LogP) is 1.01. The first kappa shape index (κ1) is 15.9. The zero-order chi connectivity index (χ0) is 15.6. The summed E-state index contributed by atoms with van der Waals surface area (Å²) in [4.78, 5) is 12.1. The molecular formula is C14H20N2O4S. The van der Waals surface area contributed by atoms with Gasteiger partial charge in [-0.2, -0.15) is 0 Å². The Morgan fingerprint density at radius 1 is 1.38 bits per heavy atom. The molecular weight excluding hydrogens is 292 g/mol. The van der Waals surface area contributed by atoms with Crippen LogP contribution in [-0.2, 0) is 21.4 Å². The van der Waals surface area contributed by atoms with Crippen LogP contribution in [0.15, 0.2) is 23.1 Å². The Morgan fingerprint density at radius 3 is 2.57 bits per heavy atom. The van der Waals surface area contributed by atoms with Gasteiger partial charge in [-0.15, -0.1) is 0 Å². The van der Waals surface area contributed by atoms with Crippen molar-refractivity contribution in [3.8, 4) is 0 Å². The first-order valence-corrected chi connectivity index (χ1v) is 8.31. The summed E-state index contributed by atoms with van der Waals surface area (Å²) in [6.07, 6.45) is 1.90. The molecule has 1 fully saturated rings. The third kappa shape index (κ3) is 4.03. The number of nitrogens with one attached hydrogen (secondary N) is 1. The maximum atomic E-state index is 12.2. The number of ether oxygens (including phenoxy) is 1. The topological polar surface area (TPSA) is 98.5 Å². The molecule has 1 saturated carbocycles. The van der Waals surface area contributed by atoms with Crippen LogP contribution in [0.3, 0.4) is 0 Å². The van der Waals surface area contributed by atoms with Gasteiger partial charge in [0.15, 0.2) is 0 Å². The van der Waals surface area contributed by atoms with Crippen molar-refractivity contribution >= 4 is 15.9 Å².